The second-order valence-corrected chi connectivity index (χ2v) is 6.66. The highest BCUT2D eigenvalue weighted by molar-refractivity contribution is 6.42. The summed E-state index contributed by atoms with van der Waals surface area (Å²) in [6.45, 7) is 0. The molecule has 0 aliphatic heterocycles. The quantitative estimate of drug-likeness (QED) is 0.465. The first kappa shape index (κ1) is 16.5. The summed E-state index contributed by atoms with van der Waals surface area (Å²) >= 11 is 24.9. The van der Waals surface area contributed by atoms with E-state index in [-0.39, 0.29) is 0 Å². The van der Waals surface area contributed by atoms with E-state index in [9.17, 15) is 0 Å². The number of halogens is 4. The molecule has 0 radical (unpaired) electrons. The van der Waals surface area contributed by atoms with Crippen molar-refractivity contribution in [2.24, 2.45) is 0 Å². The molecule has 0 bridgehead atoms. The van der Waals surface area contributed by atoms with Crippen molar-refractivity contribution in [3.05, 3.63) is 74.7 Å². The van der Waals surface area contributed by atoms with E-state index in [0.29, 0.717) is 31.3 Å². The number of benzene rings is 3. The molecule has 116 valence electrons. The molecule has 0 unspecified atom stereocenters. The Morgan fingerprint density at radius 1 is 0.609 bits per heavy atom. The van der Waals surface area contributed by atoms with Crippen LogP contribution in [0.3, 0.4) is 0 Å². The first-order valence-corrected chi connectivity index (χ1v) is 8.28. The van der Waals surface area contributed by atoms with Gasteiger partial charge in [0.1, 0.15) is 0 Å². The Balaban J connectivity index is 2.24. The molecule has 3 rings (SSSR count). The van der Waals surface area contributed by atoms with E-state index in [1.54, 1.807) is 30.3 Å². The molecule has 0 spiro atoms. The summed E-state index contributed by atoms with van der Waals surface area (Å²) in [7, 11) is 0. The molecule has 5 heteroatoms. The lowest BCUT2D eigenvalue weighted by atomic mass is 9.97. The number of hydrogen-bond donors (Lipinski definition) is 1. The minimum Gasteiger partial charge on any atom is -0.397 e. The van der Waals surface area contributed by atoms with E-state index in [0.717, 1.165) is 16.7 Å². The lowest BCUT2D eigenvalue weighted by molar-refractivity contribution is 1.58. The van der Waals surface area contributed by atoms with Gasteiger partial charge >= 0.3 is 0 Å². The Morgan fingerprint density at radius 3 is 1.61 bits per heavy atom. The summed E-state index contributed by atoms with van der Waals surface area (Å²) in [6.07, 6.45) is 0. The molecule has 0 fully saturated rings. The van der Waals surface area contributed by atoms with Crippen molar-refractivity contribution in [3.63, 3.8) is 0 Å². The third-order valence-electron chi connectivity index (χ3n) is 3.52. The van der Waals surface area contributed by atoms with Crippen LogP contribution in [0.5, 0.6) is 0 Å². The van der Waals surface area contributed by atoms with Gasteiger partial charge in [0.2, 0.25) is 0 Å². The molecule has 0 saturated carbocycles. The zero-order valence-corrected chi connectivity index (χ0v) is 14.8. The molecular formula is C18H11Cl4N. The van der Waals surface area contributed by atoms with E-state index in [4.69, 9.17) is 52.1 Å². The van der Waals surface area contributed by atoms with Gasteiger partial charge < -0.3 is 5.73 Å². The van der Waals surface area contributed by atoms with Gasteiger partial charge in [-0.15, -0.1) is 0 Å². The van der Waals surface area contributed by atoms with Gasteiger partial charge in [-0.05, 0) is 41.5 Å². The summed E-state index contributed by atoms with van der Waals surface area (Å²) in [5.41, 5.74) is 9.81. The molecule has 3 aromatic rings. The van der Waals surface area contributed by atoms with Crippen LogP contribution < -0.4 is 5.73 Å². The van der Waals surface area contributed by atoms with Crippen molar-refractivity contribution in [3.8, 4) is 22.3 Å². The average Bonchev–Trinajstić information content (AvgIpc) is 2.54. The summed E-state index contributed by atoms with van der Waals surface area (Å²) < 4.78 is 0. The highest BCUT2D eigenvalue weighted by atomic mass is 35.5. The van der Waals surface area contributed by atoms with Crippen molar-refractivity contribution in [2.75, 3.05) is 5.73 Å². The van der Waals surface area contributed by atoms with E-state index < -0.39 is 0 Å². The third-order valence-corrected chi connectivity index (χ3v) is 4.82. The molecule has 0 atom stereocenters. The Bertz CT molecular complexity index is 856. The molecule has 0 heterocycles. The lowest BCUT2D eigenvalue weighted by Gasteiger charge is -2.15. The van der Waals surface area contributed by atoms with Crippen molar-refractivity contribution in [2.45, 2.75) is 0 Å². The highest BCUT2D eigenvalue weighted by Crippen LogP contribution is 2.44. The SMILES string of the molecule is Nc1cc(-c2ccc(Cl)cc2)c(Cl)c(-c2ccc(Cl)cc2)c1Cl. The minimum atomic E-state index is 0.426. The van der Waals surface area contributed by atoms with Crippen LogP contribution >= 0.6 is 46.4 Å². The first-order chi connectivity index (χ1) is 11.0. The topological polar surface area (TPSA) is 26.0 Å². The third kappa shape index (κ3) is 3.29. The summed E-state index contributed by atoms with van der Waals surface area (Å²) in [5, 5.41) is 2.26. The highest BCUT2D eigenvalue weighted by Gasteiger charge is 2.17. The molecule has 0 aliphatic carbocycles. The van der Waals surface area contributed by atoms with Crippen LogP contribution in [0.1, 0.15) is 0 Å². The molecule has 0 saturated heterocycles. The molecule has 0 amide bonds. The first-order valence-electron chi connectivity index (χ1n) is 6.76. The van der Waals surface area contributed by atoms with Crippen molar-refractivity contribution in [1.29, 1.82) is 0 Å². The summed E-state index contributed by atoms with van der Waals surface area (Å²) in [4.78, 5) is 0. The summed E-state index contributed by atoms with van der Waals surface area (Å²) in [5.74, 6) is 0. The van der Waals surface area contributed by atoms with Crippen LogP contribution in [0.4, 0.5) is 5.69 Å². The van der Waals surface area contributed by atoms with E-state index in [2.05, 4.69) is 0 Å². The molecule has 2 N–H and O–H groups in total. The van der Waals surface area contributed by atoms with Crippen molar-refractivity contribution >= 4 is 52.1 Å². The molecule has 23 heavy (non-hydrogen) atoms. The second kappa shape index (κ2) is 6.62. The van der Waals surface area contributed by atoms with E-state index in [1.165, 1.54) is 0 Å². The Labute approximate surface area is 154 Å². The van der Waals surface area contributed by atoms with E-state index in [1.807, 2.05) is 24.3 Å². The van der Waals surface area contributed by atoms with Gasteiger partial charge in [0.05, 0.1) is 15.7 Å². The zero-order valence-electron chi connectivity index (χ0n) is 11.8. The fraction of sp³-hybridized carbons (Fsp3) is 0. The maximum Gasteiger partial charge on any atom is 0.0729 e. The van der Waals surface area contributed by atoms with E-state index >= 15 is 0 Å². The number of hydrogen-bond acceptors (Lipinski definition) is 1. The minimum absolute atomic E-state index is 0.426. The predicted octanol–water partition coefficient (Wildman–Crippen LogP) is 7.22. The normalized spacial score (nSPS) is 10.8. The van der Waals surface area contributed by atoms with Gasteiger partial charge in [-0.3, -0.25) is 0 Å². The molecule has 0 aliphatic rings. The van der Waals surface area contributed by atoms with Crippen LogP contribution in [-0.4, -0.2) is 0 Å². The monoisotopic (exact) mass is 381 g/mol. The zero-order chi connectivity index (χ0) is 16.6. The smallest absolute Gasteiger partial charge is 0.0729 e. The van der Waals surface area contributed by atoms with Gasteiger partial charge in [0, 0.05) is 21.2 Å². The van der Waals surface area contributed by atoms with Gasteiger partial charge in [-0.1, -0.05) is 70.7 Å². The predicted molar refractivity (Wildman–Crippen MR) is 102 cm³/mol. The Hall–Kier alpha value is -1.38. The maximum absolute atomic E-state index is 6.63. The maximum atomic E-state index is 6.63. The van der Waals surface area contributed by atoms with Crippen molar-refractivity contribution in [1.82, 2.24) is 0 Å². The second-order valence-electron chi connectivity index (χ2n) is 5.03. The van der Waals surface area contributed by atoms with Crippen molar-refractivity contribution < 1.29 is 0 Å². The number of anilines is 1. The van der Waals surface area contributed by atoms with Gasteiger partial charge in [0.25, 0.3) is 0 Å². The Morgan fingerprint density at radius 2 is 1.09 bits per heavy atom. The fourth-order valence-electron chi connectivity index (χ4n) is 2.37. The van der Waals surface area contributed by atoms with Crippen LogP contribution in [-0.2, 0) is 0 Å². The van der Waals surface area contributed by atoms with Gasteiger partial charge in [0.15, 0.2) is 0 Å². The van der Waals surface area contributed by atoms with Crippen LogP contribution in [0.25, 0.3) is 22.3 Å². The Kier molecular flexibility index (Phi) is 4.74. The number of rotatable bonds is 2. The number of nitrogens with two attached hydrogens (primary N) is 1. The number of nitrogen functional groups attached to an aromatic ring is 1. The molecule has 3 aromatic carbocycles. The van der Waals surface area contributed by atoms with Gasteiger partial charge in [-0.25, -0.2) is 0 Å². The van der Waals surface area contributed by atoms with Crippen LogP contribution in [0.2, 0.25) is 20.1 Å². The largest absolute Gasteiger partial charge is 0.397 e. The summed E-state index contributed by atoms with van der Waals surface area (Å²) in [6, 6.07) is 16.5. The molecular weight excluding hydrogens is 372 g/mol. The van der Waals surface area contributed by atoms with Crippen LogP contribution in [0, 0.1) is 0 Å². The van der Waals surface area contributed by atoms with Gasteiger partial charge in [-0.2, -0.15) is 0 Å². The standard InChI is InChI=1S/C18H11Cl4N/c19-12-5-1-10(2-6-12)14-9-15(23)18(22)16(17(14)21)11-3-7-13(20)8-4-11/h1-9H,23H2. The lowest BCUT2D eigenvalue weighted by Crippen LogP contribution is -1.93. The molecule has 1 nitrogen and oxygen atoms in total. The average molecular weight is 383 g/mol. The fourth-order valence-corrected chi connectivity index (χ4v) is 3.29. The molecule has 0 aromatic heterocycles. The van der Waals surface area contributed by atoms with Crippen LogP contribution in [0.15, 0.2) is 54.6 Å².